The Bertz CT molecular complexity index is 750. The highest BCUT2D eigenvalue weighted by Crippen LogP contribution is 2.31. The zero-order valence-electron chi connectivity index (χ0n) is 14.5. The minimum atomic E-state index is -0.531. The van der Waals surface area contributed by atoms with E-state index in [1.807, 2.05) is 0 Å². The van der Waals surface area contributed by atoms with Crippen LogP contribution >= 0.6 is 0 Å². The van der Waals surface area contributed by atoms with Gasteiger partial charge in [0.05, 0.1) is 12.7 Å². The highest BCUT2D eigenvalue weighted by Gasteiger charge is 2.40. The number of hydrogen-bond donors (Lipinski definition) is 2. The zero-order valence-corrected chi connectivity index (χ0v) is 14.5. The maximum Gasteiger partial charge on any atom is 0.330 e. The summed E-state index contributed by atoms with van der Waals surface area (Å²) in [4.78, 5) is 41.4. The van der Waals surface area contributed by atoms with Crippen LogP contribution in [0.5, 0.6) is 0 Å². The van der Waals surface area contributed by atoms with Crippen molar-refractivity contribution in [2.45, 2.75) is 38.6 Å². The molecule has 0 aliphatic carbocycles. The Morgan fingerprint density at radius 1 is 1.32 bits per heavy atom. The Balaban J connectivity index is 1.75. The molecule has 9 heteroatoms. The largest absolute Gasteiger partial charge is 0.394 e. The Hall–Kier alpha value is -1.97. The summed E-state index contributed by atoms with van der Waals surface area (Å²) in [5.74, 6) is 0.0641. The number of aromatic amines is 1. The average molecular weight is 352 g/mol. The topological polar surface area (TPSA) is 108 Å². The van der Waals surface area contributed by atoms with Gasteiger partial charge in [-0.15, -0.1) is 0 Å². The number of piperazine rings is 1. The van der Waals surface area contributed by atoms with E-state index < -0.39 is 23.6 Å². The third-order valence-electron chi connectivity index (χ3n) is 5.07. The first-order valence-electron chi connectivity index (χ1n) is 8.48. The molecule has 138 valence electrons. The summed E-state index contributed by atoms with van der Waals surface area (Å²) in [5.41, 5.74) is -0.489. The van der Waals surface area contributed by atoms with Gasteiger partial charge in [-0.3, -0.25) is 24.0 Å². The lowest BCUT2D eigenvalue weighted by Crippen LogP contribution is -2.53. The van der Waals surface area contributed by atoms with E-state index in [0.29, 0.717) is 38.2 Å². The molecule has 2 saturated heterocycles. The van der Waals surface area contributed by atoms with Crippen LogP contribution in [0.3, 0.4) is 0 Å². The van der Waals surface area contributed by atoms with E-state index in [1.165, 1.54) is 10.8 Å². The maximum absolute atomic E-state index is 12.1. The highest BCUT2D eigenvalue weighted by molar-refractivity contribution is 5.73. The number of rotatable bonds is 3. The Morgan fingerprint density at radius 3 is 2.60 bits per heavy atom. The lowest BCUT2D eigenvalue weighted by Gasteiger charge is -2.38. The van der Waals surface area contributed by atoms with Crippen molar-refractivity contribution in [1.82, 2.24) is 19.4 Å². The van der Waals surface area contributed by atoms with Crippen molar-refractivity contribution < 1.29 is 14.6 Å². The summed E-state index contributed by atoms with van der Waals surface area (Å²) in [5, 5.41) is 9.68. The van der Waals surface area contributed by atoms with Crippen LogP contribution in [0.15, 0.2) is 15.8 Å². The number of aryl methyl sites for hydroxylation is 1. The van der Waals surface area contributed by atoms with Gasteiger partial charge in [0.15, 0.2) is 0 Å². The SMILES string of the molecule is CC(=O)N1CCN([C@H]2C[C@@H](n3cc(C)c(=O)[nH]c3=O)O[C@@H]2CO)CC1. The molecule has 25 heavy (non-hydrogen) atoms. The first-order valence-corrected chi connectivity index (χ1v) is 8.48. The molecule has 0 unspecified atom stereocenters. The standard InChI is InChI=1S/C16H24N4O5/c1-10-8-20(16(24)17-15(10)23)14-7-12(13(9-21)25-14)19-5-3-18(4-6-19)11(2)22/h8,12-14,21H,3-7,9H2,1-2H3,(H,17,23,24)/t12-,13+,14-/m0/s1. The normalized spacial score (nSPS) is 27.6. The van der Waals surface area contributed by atoms with Crippen molar-refractivity contribution in [1.29, 1.82) is 0 Å². The van der Waals surface area contributed by atoms with E-state index in [1.54, 1.807) is 18.7 Å². The second kappa shape index (κ2) is 7.11. The van der Waals surface area contributed by atoms with Gasteiger partial charge in [-0.05, 0) is 6.92 Å². The van der Waals surface area contributed by atoms with Crippen molar-refractivity contribution in [2.24, 2.45) is 0 Å². The third kappa shape index (κ3) is 3.53. The van der Waals surface area contributed by atoms with Gasteiger partial charge in [0.25, 0.3) is 5.56 Å². The van der Waals surface area contributed by atoms with Gasteiger partial charge in [-0.1, -0.05) is 0 Å². The van der Waals surface area contributed by atoms with Crippen LogP contribution in [-0.2, 0) is 9.53 Å². The quantitative estimate of drug-likeness (QED) is 0.697. The number of carbonyl (C=O) groups excluding carboxylic acids is 1. The molecule has 3 atom stereocenters. The maximum atomic E-state index is 12.1. The van der Waals surface area contributed by atoms with Gasteiger partial charge < -0.3 is 14.7 Å². The van der Waals surface area contributed by atoms with Gasteiger partial charge in [0, 0.05) is 57.3 Å². The fourth-order valence-electron chi connectivity index (χ4n) is 3.60. The summed E-state index contributed by atoms with van der Waals surface area (Å²) < 4.78 is 7.26. The zero-order chi connectivity index (χ0) is 18.1. The predicted octanol–water partition coefficient (Wildman–Crippen LogP) is -1.34. The fourth-order valence-corrected chi connectivity index (χ4v) is 3.60. The molecule has 3 heterocycles. The molecule has 9 nitrogen and oxygen atoms in total. The number of amides is 1. The molecule has 0 saturated carbocycles. The summed E-state index contributed by atoms with van der Waals surface area (Å²) in [7, 11) is 0. The molecule has 1 aromatic heterocycles. The van der Waals surface area contributed by atoms with Gasteiger partial charge in [0.1, 0.15) is 6.23 Å². The molecular formula is C16H24N4O5. The molecular weight excluding hydrogens is 328 g/mol. The van der Waals surface area contributed by atoms with Gasteiger partial charge in [-0.25, -0.2) is 4.79 Å². The van der Waals surface area contributed by atoms with Crippen LogP contribution in [0, 0.1) is 6.92 Å². The number of aromatic nitrogens is 2. The van der Waals surface area contributed by atoms with Crippen molar-refractivity contribution in [2.75, 3.05) is 32.8 Å². The van der Waals surface area contributed by atoms with Gasteiger partial charge in [0.2, 0.25) is 5.91 Å². The van der Waals surface area contributed by atoms with E-state index >= 15 is 0 Å². The number of hydrogen-bond acceptors (Lipinski definition) is 6. The van der Waals surface area contributed by atoms with E-state index in [0.717, 1.165) is 0 Å². The summed E-state index contributed by atoms with van der Waals surface area (Å²) >= 11 is 0. The molecule has 1 aromatic rings. The molecule has 0 radical (unpaired) electrons. The summed E-state index contributed by atoms with van der Waals surface area (Å²) in [6.45, 7) is 5.74. The van der Waals surface area contributed by atoms with Crippen molar-refractivity contribution >= 4 is 5.91 Å². The Labute approximate surface area is 144 Å². The van der Waals surface area contributed by atoms with Crippen LogP contribution in [0.1, 0.15) is 25.1 Å². The number of aliphatic hydroxyl groups excluding tert-OH is 1. The molecule has 2 fully saturated rings. The van der Waals surface area contributed by atoms with Crippen LogP contribution in [0.25, 0.3) is 0 Å². The van der Waals surface area contributed by atoms with E-state index in [-0.39, 0.29) is 18.6 Å². The monoisotopic (exact) mass is 352 g/mol. The lowest BCUT2D eigenvalue weighted by atomic mass is 10.1. The number of H-pyrrole nitrogens is 1. The van der Waals surface area contributed by atoms with E-state index in [4.69, 9.17) is 4.74 Å². The number of carbonyl (C=O) groups is 1. The van der Waals surface area contributed by atoms with Crippen LogP contribution in [0.2, 0.25) is 0 Å². The summed E-state index contributed by atoms with van der Waals surface area (Å²) in [6.07, 6.45) is 1.09. The molecule has 0 aromatic carbocycles. The fraction of sp³-hybridized carbons (Fsp3) is 0.688. The Morgan fingerprint density at radius 2 is 2.00 bits per heavy atom. The van der Waals surface area contributed by atoms with E-state index in [2.05, 4.69) is 9.88 Å². The van der Waals surface area contributed by atoms with Gasteiger partial charge in [-0.2, -0.15) is 0 Å². The molecule has 0 spiro atoms. The highest BCUT2D eigenvalue weighted by atomic mass is 16.5. The third-order valence-corrected chi connectivity index (χ3v) is 5.07. The van der Waals surface area contributed by atoms with Crippen LogP contribution in [-0.4, -0.2) is 75.3 Å². The smallest absolute Gasteiger partial charge is 0.330 e. The molecule has 2 N–H and O–H groups in total. The Kier molecular flexibility index (Phi) is 5.07. The van der Waals surface area contributed by atoms with Crippen LogP contribution < -0.4 is 11.2 Å². The molecule has 2 aliphatic rings. The minimum absolute atomic E-state index is 0.0387. The second-order valence-electron chi connectivity index (χ2n) is 6.64. The number of nitrogens with one attached hydrogen (secondary N) is 1. The minimum Gasteiger partial charge on any atom is -0.394 e. The molecule has 3 rings (SSSR count). The number of ether oxygens (including phenoxy) is 1. The second-order valence-corrected chi connectivity index (χ2v) is 6.64. The van der Waals surface area contributed by atoms with Crippen LogP contribution in [0.4, 0.5) is 0 Å². The number of aliphatic hydroxyl groups is 1. The first-order chi connectivity index (χ1) is 11.9. The molecule has 0 bridgehead atoms. The number of nitrogens with zero attached hydrogens (tertiary/aromatic N) is 3. The van der Waals surface area contributed by atoms with Crippen molar-refractivity contribution in [3.63, 3.8) is 0 Å². The molecule has 1 amide bonds. The van der Waals surface area contributed by atoms with Gasteiger partial charge >= 0.3 is 5.69 Å². The van der Waals surface area contributed by atoms with Crippen molar-refractivity contribution in [3.8, 4) is 0 Å². The summed E-state index contributed by atoms with van der Waals surface area (Å²) in [6, 6.07) is -0.0387. The lowest BCUT2D eigenvalue weighted by molar-refractivity contribution is -0.131. The molecule has 2 aliphatic heterocycles. The van der Waals surface area contributed by atoms with E-state index in [9.17, 15) is 19.5 Å². The average Bonchev–Trinajstić information content (AvgIpc) is 3.02. The first kappa shape index (κ1) is 17.8. The van der Waals surface area contributed by atoms with Crippen molar-refractivity contribution in [3.05, 3.63) is 32.6 Å². The predicted molar refractivity (Wildman–Crippen MR) is 89.3 cm³/mol.